The van der Waals surface area contributed by atoms with E-state index in [0.717, 1.165) is 10.2 Å². The van der Waals surface area contributed by atoms with Gasteiger partial charge in [0.15, 0.2) is 6.10 Å². The summed E-state index contributed by atoms with van der Waals surface area (Å²) in [6.45, 7) is 8.45. The molecule has 0 aromatic heterocycles. The van der Waals surface area contributed by atoms with E-state index in [0.29, 0.717) is 12.2 Å². The lowest BCUT2D eigenvalue weighted by Crippen LogP contribution is -2.32. The molecule has 0 saturated heterocycles. The van der Waals surface area contributed by atoms with Crippen LogP contribution in [0.2, 0.25) is 0 Å². The maximum absolute atomic E-state index is 12.4. The summed E-state index contributed by atoms with van der Waals surface area (Å²) in [5.41, 5.74) is 2.09. The quantitative estimate of drug-likeness (QED) is 0.728. The smallest absolute Gasteiger partial charge is 0.265 e. The number of amides is 1. The second-order valence-electron chi connectivity index (χ2n) is 6.79. The van der Waals surface area contributed by atoms with Gasteiger partial charge >= 0.3 is 0 Å². The Morgan fingerprint density at radius 2 is 1.83 bits per heavy atom. The van der Waals surface area contributed by atoms with Crippen LogP contribution in [0.1, 0.15) is 39.7 Å². The Hall–Kier alpha value is -1.81. The Morgan fingerprint density at radius 3 is 2.38 bits per heavy atom. The van der Waals surface area contributed by atoms with Crippen LogP contribution in [0.4, 0.5) is 5.69 Å². The minimum Gasteiger partial charge on any atom is -0.481 e. The summed E-state index contributed by atoms with van der Waals surface area (Å²) in [4.78, 5) is 12.4. The maximum Gasteiger partial charge on any atom is 0.265 e. The number of hydrogen-bond acceptors (Lipinski definition) is 2. The third kappa shape index (κ3) is 5.10. The van der Waals surface area contributed by atoms with E-state index >= 15 is 0 Å². The first-order valence-corrected chi connectivity index (χ1v) is 8.92. The van der Waals surface area contributed by atoms with E-state index in [9.17, 15) is 4.79 Å². The molecule has 2 aromatic carbocycles. The van der Waals surface area contributed by atoms with Gasteiger partial charge in [0.25, 0.3) is 5.91 Å². The monoisotopic (exact) mass is 389 g/mol. The van der Waals surface area contributed by atoms with Crippen LogP contribution < -0.4 is 10.1 Å². The van der Waals surface area contributed by atoms with Crippen LogP contribution in [-0.2, 0) is 10.2 Å². The van der Waals surface area contributed by atoms with Gasteiger partial charge in [-0.15, -0.1) is 0 Å². The number of anilines is 1. The van der Waals surface area contributed by atoms with Crippen LogP contribution in [0.3, 0.4) is 0 Å². The summed E-state index contributed by atoms with van der Waals surface area (Å²) >= 11 is 3.40. The van der Waals surface area contributed by atoms with Crippen molar-refractivity contribution in [3.8, 4) is 5.75 Å². The van der Waals surface area contributed by atoms with Crippen LogP contribution >= 0.6 is 15.9 Å². The second-order valence-corrected chi connectivity index (χ2v) is 7.70. The molecule has 3 nitrogen and oxygen atoms in total. The van der Waals surface area contributed by atoms with Crippen molar-refractivity contribution in [2.45, 2.75) is 45.6 Å². The first-order chi connectivity index (χ1) is 11.3. The summed E-state index contributed by atoms with van der Waals surface area (Å²) in [5, 5.41) is 2.90. The highest BCUT2D eigenvalue weighted by molar-refractivity contribution is 9.10. The molecule has 0 spiro atoms. The first-order valence-electron chi connectivity index (χ1n) is 8.13. The molecule has 0 aliphatic heterocycles. The molecular formula is C20H24BrNO2. The number of nitrogens with one attached hydrogen (secondary N) is 1. The van der Waals surface area contributed by atoms with E-state index in [2.05, 4.69) is 42.0 Å². The fraction of sp³-hybridized carbons (Fsp3) is 0.350. The molecular weight excluding hydrogens is 366 g/mol. The summed E-state index contributed by atoms with van der Waals surface area (Å²) in [6, 6.07) is 15.5. The SMILES string of the molecule is CC[C@H](Oc1ccc(C(C)(C)C)cc1)C(=O)Nc1cccc(Br)c1. The maximum atomic E-state index is 12.4. The summed E-state index contributed by atoms with van der Waals surface area (Å²) in [7, 11) is 0. The minimum atomic E-state index is -0.524. The fourth-order valence-corrected chi connectivity index (χ4v) is 2.71. The van der Waals surface area contributed by atoms with Gasteiger partial charge in [0.2, 0.25) is 0 Å². The molecule has 1 N–H and O–H groups in total. The summed E-state index contributed by atoms with van der Waals surface area (Å²) in [5.74, 6) is 0.565. The van der Waals surface area contributed by atoms with Crippen molar-refractivity contribution in [1.82, 2.24) is 0 Å². The fourth-order valence-electron chi connectivity index (χ4n) is 2.31. The molecule has 1 atom stereocenters. The molecule has 0 unspecified atom stereocenters. The average Bonchev–Trinajstić information content (AvgIpc) is 2.52. The zero-order valence-corrected chi connectivity index (χ0v) is 16.2. The van der Waals surface area contributed by atoms with Crippen LogP contribution in [0.25, 0.3) is 0 Å². The largest absolute Gasteiger partial charge is 0.481 e. The Bertz CT molecular complexity index is 690. The van der Waals surface area contributed by atoms with Crippen molar-refractivity contribution in [1.29, 1.82) is 0 Å². The Labute approximate surface area is 152 Å². The van der Waals surface area contributed by atoms with Crippen molar-refractivity contribution in [2.24, 2.45) is 0 Å². The predicted molar refractivity (Wildman–Crippen MR) is 103 cm³/mol. The standard InChI is InChI=1S/C20H24BrNO2/c1-5-18(19(23)22-16-8-6-7-15(21)13-16)24-17-11-9-14(10-12-17)20(2,3)4/h6-13,18H,5H2,1-4H3,(H,22,23)/t18-/m0/s1. The van der Waals surface area contributed by atoms with Crippen molar-refractivity contribution in [3.05, 3.63) is 58.6 Å². The molecule has 0 fully saturated rings. The van der Waals surface area contributed by atoms with Gasteiger partial charge in [0.05, 0.1) is 0 Å². The summed E-state index contributed by atoms with van der Waals surface area (Å²) in [6.07, 6.45) is 0.0744. The Kier molecular flexibility index (Phi) is 6.05. The molecule has 0 aliphatic rings. The average molecular weight is 390 g/mol. The Morgan fingerprint density at radius 1 is 1.17 bits per heavy atom. The van der Waals surface area contributed by atoms with Crippen LogP contribution in [0, 0.1) is 0 Å². The predicted octanol–water partition coefficient (Wildman–Crippen LogP) is 5.54. The van der Waals surface area contributed by atoms with Crippen LogP contribution in [-0.4, -0.2) is 12.0 Å². The second kappa shape index (κ2) is 7.84. The molecule has 0 aliphatic carbocycles. The molecule has 0 heterocycles. The lowest BCUT2D eigenvalue weighted by Gasteiger charge is -2.21. The minimum absolute atomic E-state index is 0.0980. The highest BCUT2D eigenvalue weighted by atomic mass is 79.9. The van der Waals surface area contributed by atoms with Crippen molar-refractivity contribution in [3.63, 3.8) is 0 Å². The number of rotatable bonds is 5. The molecule has 1 amide bonds. The van der Waals surface area contributed by atoms with E-state index in [-0.39, 0.29) is 11.3 Å². The molecule has 0 saturated carbocycles. The van der Waals surface area contributed by atoms with Crippen molar-refractivity contribution in [2.75, 3.05) is 5.32 Å². The van der Waals surface area contributed by atoms with E-state index in [1.54, 1.807) is 0 Å². The van der Waals surface area contributed by atoms with E-state index < -0.39 is 6.10 Å². The van der Waals surface area contributed by atoms with Gasteiger partial charge in [-0.05, 0) is 47.7 Å². The van der Waals surface area contributed by atoms with E-state index in [1.165, 1.54) is 5.56 Å². The van der Waals surface area contributed by atoms with Gasteiger partial charge in [-0.25, -0.2) is 0 Å². The van der Waals surface area contributed by atoms with Gasteiger partial charge < -0.3 is 10.1 Å². The third-order valence-corrected chi connectivity index (χ3v) is 4.25. The molecule has 4 heteroatoms. The van der Waals surface area contributed by atoms with E-state index in [1.807, 2.05) is 55.5 Å². The van der Waals surface area contributed by atoms with Gasteiger partial charge in [-0.3, -0.25) is 4.79 Å². The number of hydrogen-bond donors (Lipinski definition) is 1. The first kappa shape index (κ1) is 18.5. The Balaban J connectivity index is 2.04. The van der Waals surface area contributed by atoms with Gasteiger partial charge in [-0.2, -0.15) is 0 Å². The number of carbonyl (C=O) groups is 1. The van der Waals surface area contributed by atoms with Crippen LogP contribution in [0.15, 0.2) is 53.0 Å². The highest BCUT2D eigenvalue weighted by Gasteiger charge is 2.19. The molecule has 24 heavy (non-hydrogen) atoms. The topological polar surface area (TPSA) is 38.3 Å². The summed E-state index contributed by atoms with van der Waals surface area (Å²) < 4.78 is 6.79. The molecule has 128 valence electrons. The molecule has 2 aromatic rings. The number of halogens is 1. The van der Waals surface area contributed by atoms with Gasteiger partial charge in [-0.1, -0.05) is 61.8 Å². The number of carbonyl (C=O) groups excluding carboxylic acids is 1. The van der Waals surface area contributed by atoms with Gasteiger partial charge in [0.1, 0.15) is 5.75 Å². The van der Waals surface area contributed by atoms with Crippen molar-refractivity contribution < 1.29 is 9.53 Å². The lowest BCUT2D eigenvalue weighted by molar-refractivity contribution is -0.122. The number of benzene rings is 2. The normalized spacial score (nSPS) is 12.5. The van der Waals surface area contributed by atoms with Crippen molar-refractivity contribution >= 4 is 27.5 Å². The van der Waals surface area contributed by atoms with Crippen LogP contribution in [0.5, 0.6) is 5.75 Å². The number of ether oxygens (including phenoxy) is 1. The van der Waals surface area contributed by atoms with E-state index in [4.69, 9.17) is 4.74 Å². The third-order valence-electron chi connectivity index (χ3n) is 3.75. The molecule has 2 rings (SSSR count). The highest BCUT2D eigenvalue weighted by Crippen LogP contribution is 2.25. The van der Waals surface area contributed by atoms with Gasteiger partial charge in [0, 0.05) is 10.2 Å². The molecule has 0 bridgehead atoms. The lowest BCUT2D eigenvalue weighted by atomic mass is 9.87. The molecule has 0 radical (unpaired) electrons. The zero-order valence-electron chi connectivity index (χ0n) is 14.6. The zero-order chi connectivity index (χ0) is 17.7.